The molecule has 0 saturated carbocycles. The summed E-state index contributed by atoms with van der Waals surface area (Å²) >= 11 is 0. The molecule has 0 amide bonds. The molecular formula is C10H12O2. The van der Waals surface area contributed by atoms with E-state index in [2.05, 4.69) is 6.58 Å². The molecule has 0 unspecified atom stereocenters. The van der Waals surface area contributed by atoms with Crippen LogP contribution >= 0.6 is 0 Å². The lowest BCUT2D eigenvalue weighted by molar-refractivity contribution is 0.391. The first kappa shape index (κ1) is 8.65. The molecule has 0 aliphatic carbocycles. The molecule has 1 aromatic rings. The van der Waals surface area contributed by atoms with E-state index in [9.17, 15) is 0 Å². The maximum absolute atomic E-state index is 8.97. The highest BCUT2D eigenvalue weighted by atomic mass is 16.3. The molecule has 12 heavy (non-hydrogen) atoms. The van der Waals surface area contributed by atoms with Crippen molar-refractivity contribution in [1.82, 2.24) is 0 Å². The third-order valence-corrected chi connectivity index (χ3v) is 1.64. The van der Waals surface area contributed by atoms with Gasteiger partial charge in [-0.25, -0.2) is 0 Å². The van der Waals surface area contributed by atoms with Gasteiger partial charge in [-0.15, -0.1) is 0 Å². The second-order valence-corrected chi connectivity index (χ2v) is 2.73. The highest BCUT2D eigenvalue weighted by Crippen LogP contribution is 2.11. The van der Waals surface area contributed by atoms with E-state index in [1.165, 1.54) is 0 Å². The Labute approximate surface area is 71.8 Å². The first-order valence-electron chi connectivity index (χ1n) is 3.83. The summed E-state index contributed by atoms with van der Waals surface area (Å²) in [5, 5.41) is 17.8. The molecule has 64 valence electrons. The van der Waals surface area contributed by atoms with Gasteiger partial charge in [-0.1, -0.05) is 18.7 Å². The molecule has 0 aromatic heterocycles. The average molecular weight is 164 g/mol. The molecule has 0 fully saturated rings. The number of aliphatic hydroxyl groups is 1. The lowest BCUT2D eigenvalue weighted by Gasteiger charge is -1.99. The van der Waals surface area contributed by atoms with Crippen LogP contribution in [0.1, 0.15) is 12.0 Å². The van der Waals surface area contributed by atoms with Crippen LogP contribution in [0.4, 0.5) is 0 Å². The number of aliphatic hydroxyl groups excluding tert-OH is 1. The summed E-state index contributed by atoms with van der Waals surface area (Å²) in [6, 6.07) is 6.93. The van der Waals surface area contributed by atoms with Crippen molar-refractivity contribution >= 4 is 0 Å². The number of hydrogen-bond donors (Lipinski definition) is 2. The van der Waals surface area contributed by atoms with Crippen molar-refractivity contribution in [3.05, 3.63) is 42.2 Å². The van der Waals surface area contributed by atoms with Crippen LogP contribution in [-0.4, -0.2) is 10.2 Å². The van der Waals surface area contributed by atoms with Crippen molar-refractivity contribution in [3.8, 4) is 5.75 Å². The molecule has 0 heterocycles. The molecule has 0 aliphatic rings. The molecule has 0 atom stereocenters. The minimum atomic E-state index is 0.197. The van der Waals surface area contributed by atoms with Gasteiger partial charge in [-0.05, 0) is 24.1 Å². The summed E-state index contributed by atoms with van der Waals surface area (Å²) in [5.41, 5.74) is 1.09. The molecule has 0 aliphatic heterocycles. The number of rotatable bonds is 3. The van der Waals surface area contributed by atoms with Gasteiger partial charge < -0.3 is 10.2 Å². The highest BCUT2D eigenvalue weighted by Gasteiger charge is 1.94. The van der Waals surface area contributed by atoms with Crippen LogP contribution in [0.5, 0.6) is 5.75 Å². The van der Waals surface area contributed by atoms with Gasteiger partial charge in [0, 0.05) is 6.42 Å². The largest absolute Gasteiger partial charge is 0.513 e. The molecule has 0 spiro atoms. The van der Waals surface area contributed by atoms with Crippen LogP contribution in [0.25, 0.3) is 0 Å². The Balaban J connectivity index is 2.53. The summed E-state index contributed by atoms with van der Waals surface area (Å²) in [7, 11) is 0. The van der Waals surface area contributed by atoms with Gasteiger partial charge in [-0.3, -0.25) is 0 Å². The molecule has 1 aromatic carbocycles. The standard InChI is InChI=1S/C10H12O2/c1-8(11)2-3-9-4-6-10(12)7-5-9/h4-7,11-12H,1-3H2. The van der Waals surface area contributed by atoms with Gasteiger partial charge in [0.2, 0.25) is 0 Å². The molecule has 0 saturated heterocycles. The van der Waals surface area contributed by atoms with Gasteiger partial charge >= 0.3 is 0 Å². The van der Waals surface area contributed by atoms with Crippen LogP contribution in [0.15, 0.2) is 36.6 Å². The SMILES string of the molecule is C=C(O)CCc1ccc(O)cc1. The van der Waals surface area contributed by atoms with E-state index in [1.807, 2.05) is 12.1 Å². The van der Waals surface area contributed by atoms with Crippen molar-refractivity contribution in [2.45, 2.75) is 12.8 Å². The lowest BCUT2D eigenvalue weighted by Crippen LogP contribution is -1.86. The van der Waals surface area contributed by atoms with Crippen molar-refractivity contribution in [2.24, 2.45) is 0 Å². The smallest absolute Gasteiger partial charge is 0.115 e. The number of aromatic hydroxyl groups is 1. The van der Waals surface area contributed by atoms with Crippen molar-refractivity contribution in [2.75, 3.05) is 0 Å². The molecule has 2 heteroatoms. The Hall–Kier alpha value is -1.44. The number of hydrogen-bond acceptors (Lipinski definition) is 2. The third-order valence-electron chi connectivity index (χ3n) is 1.64. The minimum Gasteiger partial charge on any atom is -0.513 e. The van der Waals surface area contributed by atoms with E-state index in [1.54, 1.807) is 12.1 Å². The van der Waals surface area contributed by atoms with Crippen LogP contribution < -0.4 is 0 Å². The van der Waals surface area contributed by atoms with E-state index < -0.39 is 0 Å². The van der Waals surface area contributed by atoms with Crippen LogP contribution in [-0.2, 0) is 6.42 Å². The number of phenolic OH excluding ortho intramolecular Hbond substituents is 1. The maximum atomic E-state index is 8.97. The predicted molar refractivity (Wildman–Crippen MR) is 48.2 cm³/mol. The van der Waals surface area contributed by atoms with Crippen LogP contribution in [0.3, 0.4) is 0 Å². The average Bonchev–Trinajstić information content (AvgIpc) is 2.03. The summed E-state index contributed by atoms with van der Waals surface area (Å²) in [6.45, 7) is 3.39. The van der Waals surface area contributed by atoms with Crippen LogP contribution in [0.2, 0.25) is 0 Å². The summed E-state index contributed by atoms with van der Waals surface area (Å²) < 4.78 is 0. The minimum absolute atomic E-state index is 0.197. The molecule has 0 bridgehead atoms. The highest BCUT2D eigenvalue weighted by molar-refractivity contribution is 5.26. The summed E-state index contributed by atoms with van der Waals surface area (Å²) in [4.78, 5) is 0. The summed E-state index contributed by atoms with van der Waals surface area (Å²) in [6.07, 6.45) is 1.33. The second-order valence-electron chi connectivity index (χ2n) is 2.73. The van der Waals surface area contributed by atoms with E-state index in [-0.39, 0.29) is 11.5 Å². The van der Waals surface area contributed by atoms with Gasteiger partial charge in [0.15, 0.2) is 0 Å². The van der Waals surface area contributed by atoms with Crippen LogP contribution in [0, 0.1) is 0 Å². The van der Waals surface area contributed by atoms with E-state index in [0.717, 1.165) is 12.0 Å². The Bertz CT molecular complexity index is 262. The quantitative estimate of drug-likeness (QED) is 0.673. The predicted octanol–water partition coefficient (Wildman–Crippen LogP) is 2.40. The topological polar surface area (TPSA) is 40.5 Å². The Morgan fingerprint density at radius 2 is 1.83 bits per heavy atom. The van der Waals surface area contributed by atoms with Crippen molar-refractivity contribution in [3.63, 3.8) is 0 Å². The molecule has 1 rings (SSSR count). The number of phenols is 1. The normalized spacial score (nSPS) is 9.67. The van der Waals surface area contributed by atoms with Crippen molar-refractivity contribution in [1.29, 1.82) is 0 Å². The zero-order valence-electron chi connectivity index (χ0n) is 6.83. The monoisotopic (exact) mass is 164 g/mol. The zero-order valence-corrected chi connectivity index (χ0v) is 6.83. The first-order valence-corrected chi connectivity index (χ1v) is 3.83. The summed E-state index contributed by atoms with van der Waals surface area (Å²) in [5.74, 6) is 0.463. The van der Waals surface area contributed by atoms with Gasteiger partial charge in [-0.2, -0.15) is 0 Å². The van der Waals surface area contributed by atoms with E-state index in [4.69, 9.17) is 10.2 Å². The van der Waals surface area contributed by atoms with Gasteiger partial charge in [0.1, 0.15) is 5.75 Å². The molecular weight excluding hydrogens is 152 g/mol. The fraction of sp³-hybridized carbons (Fsp3) is 0.200. The Morgan fingerprint density at radius 1 is 1.25 bits per heavy atom. The Kier molecular flexibility index (Phi) is 2.75. The van der Waals surface area contributed by atoms with E-state index >= 15 is 0 Å². The molecule has 2 nitrogen and oxygen atoms in total. The number of aryl methyl sites for hydroxylation is 1. The fourth-order valence-electron chi connectivity index (χ4n) is 0.951. The van der Waals surface area contributed by atoms with Gasteiger partial charge in [0.25, 0.3) is 0 Å². The fourth-order valence-corrected chi connectivity index (χ4v) is 0.951. The zero-order chi connectivity index (χ0) is 8.97. The van der Waals surface area contributed by atoms with Gasteiger partial charge in [0.05, 0.1) is 5.76 Å². The first-order chi connectivity index (χ1) is 5.68. The lowest BCUT2D eigenvalue weighted by atomic mass is 10.1. The third kappa shape index (κ3) is 2.66. The Morgan fingerprint density at radius 3 is 2.33 bits per heavy atom. The van der Waals surface area contributed by atoms with Crippen molar-refractivity contribution < 1.29 is 10.2 Å². The number of allylic oxidation sites excluding steroid dienone is 1. The van der Waals surface area contributed by atoms with E-state index in [0.29, 0.717) is 6.42 Å². The second kappa shape index (κ2) is 3.81. The molecule has 2 N–H and O–H groups in total. The molecule has 0 radical (unpaired) electrons. The number of benzene rings is 1. The maximum Gasteiger partial charge on any atom is 0.115 e.